The minimum atomic E-state index is -0.741. The molecule has 0 heterocycles. The Morgan fingerprint density at radius 1 is 1.00 bits per heavy atom. The first kappa shape index (κ1) is 25.5. The van der Waals surface area contributed by atoms with Crippen LogP contribution in [0.4, 0.5) is 0 Å². The number of carbonyl (C=O) groups excluding carboxylic acids is 2. The Balaban J connectivity index is 1.52. The Labute approximate surface area is 212 Å². The van der Waals surface area contributed by atoms with Crippen molar-refractivity contribution in [2.75, 3.05) is 0 Å². The van der Waals surface area contributed by atoms with Gasteiger partial charge < -0.3 is 10.1 Å². The predicted octanol–water partition coefficient (Wildman–Crippen LogP) is 5.59. The van der Waals surface area contributed by atoms with E-state index in [0.717, 1.165) is 21.3 Å². The Morgan fingerprint density at radius 2 is 1.65 bits per heavy atom. The van der Waals surface area contributed by atoms with Crippen molar-refractivity contribution in [1.29, 1.82) is 0 Å². The van der Waals surface area contributed by atoms with Crippen molar-refractivity contribution < 1.29 is 14.3 Å². The van der Waals surface area contributed by atoms with E-state index in [1.165, 1.54) is 6.21 Å². The highest BCUT2D eigenvalue weighted by Gasteiger charge is 2.24. The number of benzene rings is 3. The van der Waals surface area contributed by atoms with Crippen LogP contribution in [0.3, 0.4) is 0 Å². The maximum absolute atomic E-state index is 12.6. The second-order valence-corrected chi connectivity index (χ2v) is 9.27. The first-order chi connectivity index (χ1) is 16.3. The topological polar surface area (TPSA) is 79.8 Å². The molecule has 6 nitrogen and oxygen atoms in total. The summed E-state index contributed by atoms with van der Waals surface area (Å²) in [6.45, 7) is 4.17. The molecule has 0 aliphatic heterocycles. The number of nitrogens with one attached hydrogen (secondary N) is 2. The molecule has 3 aromatic carbocycles. The van der Waals surface area contributed by atoms with Crippen LogP contribution in [0.25, 0.3) is 0 Å². The number of ether oxygens (including phenoxy) is 1. The number of rotatable bonds is 9. The van der Waals surface area contributed by atoms with Gasteiger partial charge in [-0.3, -0.25) is 9.59 Å². The monoisotopic (exact) mass is 541 g/mol. The van der Waals surface area contributed by atoms with Crippen LogP contribution in [0.2, 0.25) is 5.02 Å². The molecule has 8 heteroatoms. The van der Waals surface area contributed by atoms with Gasteiger partial charge >= 0.3 is 0 Å². The third-order valence-electron chi connectivity index (χ3n) is 4.93. The van der Waals surface area contributed by atoms with Gasteiger partial charge in [0.15, 0.2) is 0 Å². The normalized spacial score (nSPS) is 11.9. The minimum absolute atomic E-state index is 0.131. The largest absolute Gasteiger partial charge is 0.489 e. The van der Waals surface area contributed by atoms with E-state index in [1.807, 2.05) is 62.4 Å². The van der Waals surface area contributed by atoms with Gasteiger partial charge in [-0.05, 0) is 77.7 Å². The quantitative estimate of drug-likeness (QED) is 0.273. The van der Waals surface area contributed by atoms with Gasteiger partial charge in [0.05, 0.1) is 6.21 Å². The first-order valence-electron chi connectivity index (χ1n) is 10.7. The average Bonchev–Trinajstić information content (AvgIpc) is 2.83. The van der Waals surface area contributed by atoms with Gasteiger partial charge in [0.1, 0.15) is 18.4 Å². The lowest BCUT2D eigenvalue weighted by Crippen LogP contribution is -2.48. The molecule has 0 saturated carbocycles. The molecule has 2 amide bonds. The van der Waals surface area contributed by atoms with Gasteiger partial charge in [-0.15, -0.1) is 0 Å². The number of halogens is 2. The molecule has 3 rings (SSSR count). The molecule has 0 spiro atoms. The SMILES string of the molecule is CC(C)C(NC(=O)c1ccc(Cl)cc1)C(=O)NN=Cc1ccc(OCc2ccc(Br)cc2)cc1. The molecule has 0 radical (unpaired) electrons. The van der Waals surface area contributed by atoms with E-state index in [2.05, 4.69) is 31.8 Å². The molecule has 2 N–H and O–H groups in total. The molecular weight excluding hydrogens is 518 g/mol. The summed E-state index contributed by atoms with van der Waals surface area (Å²) < 4.78 is 6.81. The minimum Gasteiger partial charge on any atom is -0.489 e. The second-order valence-electron chi connectivity index (χ2n) is 7.92. The maximum Gasteiger partial charge on any atom is 0.262 e. The fourth-order valence-electron chi connectivity index (χ4n) is 3.00. The van der Waals surface area contributed by atoms with Gasteiger partial charge in [-0.2, -0.15) is 5.10 Å². The van der Waals surface area contributed by atoms with Gasteiger partial charge in [-0.1, -0.05) is 53.5 Å². The van der Waals surface area contributed by atoms with Crippen LogP contribution < -0.4 is 15.5 Å². The number of amides is 2. The van der Waals surface area contributed by atoms with Crippen LogP contribution in [0.5, 0.6) is 5.75 Å². The van der Waals surface area contributed by atoms with E-state index in [0.29, 0.717) is 17.2 Å². The van der Waals surface area contributed by atoms with Crippen molar-refractivity contribution in [1.82, 2.24) is 10.7 Å². The molecule has 34 heavy (non-hydrogen) atoms. The summed E-state index contributed by atoms with van der Waals surface area (Å²) in [5.74, 6) is -0.154. The van der Waals surface area contributed by atoms with Gasteiger partial charge in [0, 0.05) is 15.1 Å². The summed E-state index contributed by atoms with van der Waals surface area (Å²) in [4.78, 5) is 25.1. The molecule has 0 aliphatic carbocycles. The number of nitrogens with zero attached hydrogens (tertiary/aromatic N) is 1. The zero-order valence-electron chi connectivity index (χ0n) is 18.8. The summed E-state index contributed by atoms with van der Waals surface area (Å²) in [7, 11) is 0. The van der Waals surface area contributed by atoms with Crippen molar-refractivity contribution in [3.8, 4) is 5.75 Å². The Kier molecular flexibility index (Phi) is 9.24. The predicted molar refractivity (Wildman–Crippen MR) is 138 cm³/mol. The summed E-state index contributed by atoms with van der Waals surface area (Å²) in [5.41, 5.74) is 4.79. The molecule has 0 saturated heterocycles. The zero-order valence-corrected chi connectivity index (χ0v) is 21.1. The van der Waals surface area contributed by atoms with Crippen molar-refractivity contribution >= 4 is 45.6 Å². The number of carbonyl (C=O) groups is 2. The van der Waals surface area contributed by atoms with Crippen molar-refractivity contribution in [3.63, 3.8) is 0 Å². The van der Waals surface area contributed by atoms with E-state index < -0.39 is 11.9 Å². The summed E-state index contributed by atoms with van der Waals surface area (Å²) in [6, 6.07) is 21.0. The van der Waals surface area contributed by atoms with Crippen LogP contribution in [-0.4, -0.2) is 24.1 Å². The fraction of sp³-hybridized carbons (Fsp3) is 0.192. The third-order valence-corrected chi connectivity index (χ3v) is 5.71. The fourth-order valence-corrected chi connectivity index (χ4v) is 3.39. The van der Waals surface area contributed by atoms with Crippen LogP contribution >= 0.6 is 27.5 Å². The van der Waals surface area contributed by atoms with Gasteiger partial charge in [0.2, 0.25) is 0 Å². The molecule has 0 aliphatic rings. The molecule has 0 aromatic heterocycles. The number of hydrogen-bond donors (Lipinski definition) is 2. The molecule has 0 bridgehead atoms. The van der Waals surface area contributed by atoms with Crippen molar-refractivity contribution in [2.24, 2.45) is 11.0 Å². The summed E-state index contributed by atoms with van der Waals surface area (Å²) >= 11 is 9.28. The van der Waals surface area contributed by atoms with Gasteiger partial charge in [-0.25, -0.2) is 5.43 Å². The van der Waals surface area contributed by atoms with E-state index >= 15 is 0 Å². The summed E-state index contributed by atoms with van der Waals surface area (Å²) in [6.07, 6.45) is 1.54. The lowest BCUT2D eigenvalue weighted by Gasteiger charge is -2.20. The van der Waals surface area contributed by atoms with E-state index in [4.69, 9.17) is 16.3 Å². The smallest absolute Gasteiger partial charge is 0.262 e. The van der Waals surface area contributed by atoms with Crippen LogP contribution in [0.1, 0.15) is 35.3 Å². The Morgan fingerprint density at radius 3 is 2.26 bits per heavy atom. The molecule has 1 atom stereocenters. The zero-order chi connectivity index (χ0) is 24.5. The number of hydrogen-bond acceptors (Lipinski definition) is 4. The lowest BCUT2D eigenvalue weighted by atomic mass is 10.0. The van der Waals surface area contributed by atoms with Crippen molar-refractivity contribution in [3.05, 3.63) is 99.0 Å². The van der Waals surface area contributed by atoms with Crippen LogP contribution in [0, 0.1) is 5.92 Å². The Bertz CT molecular complexity index is 1130. The average molecular weight is 543 g/mol. The maximum atomic E-state index is 12.6. The molecule has 3 aromatic rings. The van der Waals surface area contributed by atoms with E-state index in [9.17, 15) is 9.59 Å². The standard InChI is InChI=1S/C26H25BrClN3O3/c1-17(2)24(30-25(32)20-7-11-22(28)12-8-20)26(33)31-29-15-18-5-13-23(14-6-18)34-16-19-3-9-21(27)10-4-19/h3-15,17,24H,16H2,1-2H3,(H,30,32)(H,31,33). The van der Waals surface area contributed by atoms with Crippen LogP contribution in [-0.2, 0) is 11.4 Å². The number of hydrazone groups is 1. The van der Waals surface area contributed by atoms with Gasteiger partial charge in [0.25, 0.3) is 11.8 Å². The molecular formula is C26H25BrClN3O3. The first-order valence-corrected chi connectivity index (χ1v) is 11.9. The van der Waals surface area contributed by atoms with E-state index in [1.54, 1.807) is 24.3 Å². The van der Waals surface area contributed by atoms with Crippen molar-refractivity contribution in [2.45, 2.75) is 26.5 Å². The second kappa shape index (κ2) is 12.3. The highest BCUT2D eigenvalue weighted by Crippen LogP contribution is 2.16. The molecule has 176 valence electrons. The van der Waals surface area contributed by atoms with Crippen LogP contribution in [0.15, 0.2) is 82.4 Å². The molecule has 0 fully saturated rings. The lowest BCUT2D eigenvalue weighted by molar-refractivity contribution is -0.123. The summed E-state index contributed by atoms with van der Waals surface area (Å²) in [5, 5.41) is 7.32. The highest BCUT2D eigenvalue weighted by molar-refractivity contribution is 9.10. The third kappa shape index (κ3) is 7.71. The molecule has 1 unspecified atom stereocenters. The highest BCUT2D eigenvalue weighted by atomic mass is 79.9. The van der Waals surface area contributed by atoms with E-state index in [-0.39, 0.29) is 11.8 Å². The Hall–Kier alpha value is -3.16.